The van der Waals surface area contributed by atoms with Gasteiger partial charge in [0.1, 0.15) is 0 Å². The molecule has 33 heavy (non-hydrogen) atoms. The summed E-state index contributed by atoms with van der Waals surface area (Å²) in [4.78, 5) is 24.9. The van der Waals surface area contributed by atoms with E-state index in [9.17, 15) is 4.79 Å². The largest absolute Gasteiger partial charge is 0.368 e. The van der Waals surface area contributed by atoms with Crippen LogP contribution in [0.25, 0.3) is 0 Å². The highest BCUT2D eigenvalue weighted by Gasteiger charge is 2.24. The summed E-state index contributed by atoms with van der Waals surface area (Å²) in [6, 6.07) is 18.9. The Morgan fingerprint density at radius 1 is 0.879 bits per heavy atom. The fourth-order valence-electron chi connectivity index (χ4n) is 4.61. The van der Waals surface area contributed by atoms with Gasteiger partial charge in [0.25, 0.3) is 5.91 Å². The highest BCUT2D eigenvalue weighted by Crippen LogP contribution is 2.41. The van der Waals surface area contributed by atoms with Gasteiger partial charge in [-0.1, -0.05) is 35.5 Å². The van der Waals surface area contributed by atoms with Crippen LogP contribution in [-0.2, 0) is 0 Å². The Kier molecular flexibility index (Phi) is 5.75. The van der Waals surface area contributed by atoms with Crippen molar-refractivity contribution in [3.05, 3.63) is 82.4 Å². The number of amides is 1. The van der Waals surface area contributed by atoms with E-state index in [1.54, 1.807) is 11.8 Å². The van der Waals surface area contributed by atoms with Gasteiger partial charge in [0.15, 0.2) is 0 Å². The molecule has 3 aromatic rings. The van der Waals surface area contributed by atoms with Gasteiger partial charge in [-0.15, -0.1) is 0 Å². The highest BCUT2D eigenvalue weighted by molar-refractivity contribution is 7.99. The monoisotopic (exact) mass is 455 g/mol. The Hall–Kier alpha value is -3.05. The number of benzene rings is 3. The van der Waals surface area contributed by atoms with Gasteiger partial charge in [0.05, 0.1) is 5.69 Å². The van der Waals surface area contributed by atoms with E-state index in [-0.39, 0.29) is 5.91 Å². The van der Waals surface area contributed by atoms with Crippen molar-refractivity contribution in [3.8, 4) is 0 Å². The summed E-state index contributed by atoms with van der Waals surface area (Å²) in [5.74, 6) is 0.0915. The lowest BCUT2D eigenvalue weighted by atomic mass is 10.1. The number of hydrogen-bond acceptors (Lipinski definition) is 4. The minimum atomic E-state index is 0.0915. The van der Waals surface area contributed by atoms with Gasteiger partial charge in [-0.05, 0) is 75.2 Å². The molecule has 2 aliphatic rings. The van der Waals surface area contributed by atoms with E-state index in [1.165, 1.54) is 32.8 Å². The zero-order chi connectivity index (χ0) is 23.1. The van der Waals surface area contributed by atoms with Crippen molar-refractivity contribution in [2.45, 2.75) is 37.5 Å². The second kappa shape index (κ2) is 8.71. The van der Waals surface area contributed by atoms with Gasteiger partial charge in [0.2, 0.25) is 0 Å². The summed E-state index contributed by atoms with van der Waals surface area (Å²) in [6.07, 6.45) is 0. The van der Waals surface area contributed by atoms with Crippen LogP contribution in [0.15, 0.2) is 69.4 Å². The Bertz CT molecular complexity index is 1270. The molecule has 5 rings (SSSR count). The molecule has 0 atom stereocenters. The molecule has 2 aliphatic heterocycles. The number of aliphatic imine (C=N–C) groups is 1. The van der Waals surface area contributed by atoms with E-state index in [0.29, 0.717) is 5.56 Å². The molecule has 0 saturated carbocycles. The van der Waals surface area contributed by atoms with Crippen molar-refractivity contribution in [2.24, 2.45) is 4.99 Å². The summed E-state index contributed by atoms with van der Waals surface area (Å²) < 4.78 is 0. The molecule has 0 unspecified atom stereocenters. The number of carbonyl (C=O) groups excluding carboxylic acids is 1. The van der Waals surface area contributed by atoms with Gasteiger partial charge in [-0.3, -0.25) is 9.79 Å². The molecular formula is C28H29N3OS. The Morgan fingerprint density at radius 2 is 1.64 bits per heavy atom. The van der Waals surface area contributed by atoms with Crippen molar-refractivity contribution < 1.29 is 4.79 Å². The fraction of sp³-hybridized carbons (Fsp3) is 0.286. The summed E-state index contributed by atoms with van der Waals surface area (Å²) in [5, 5.41) is 0. The molecule has 4 nitrogen and oxygen atoms in total. The fourth-order valence-corrected chi connectivity index (χ4v) is 5.65. The second-order valence-corrected chi connectivity index (χ2v) is 10.1. The minimum Gasteiger partial charge on any atom is -0.368 e. The number of fused-ring (bicyclic) bond motifs is 2. The maximum absolute atomic E-state index is 13.3. The van der Waals surface area contributed by atoms with Crippen LogP contribution >= 0.6 is 11.8 Å². The standard InChI is InChI=1S/C28H29N3OS/c1-18-8-10-26-23(16-18)21(4)29-24-17-22(9-11-27(24)33-26)28(32)31-14-12-30(13-15-31)25-7-5-6-19(2)20(25)3/h5-11,16-17H,12-15H2,1-4H3. The molecule has 2 heterocycles. The zero-order valence-electron chi connectivity index (χ0n) is 19.7. The smallest absolute Gasteiger partial charge is 0.254 e. The molecule has 168 valence electrons. The highest BCUT2D eigenvalue weighted by atomic mass is 32.2. The number of aryl methyl sites for hydroxylation is 2. The van der Waals surface area contributed by atoms with E-state index >= 15 is 0 Å². The third-order valence-electron chi connectivity index (χ3n) is 6.72. The molecule has 1 fully saturated rings. The summed E-state index contributed by atoms with van der Waals surface area (Å²) in [6.45, 7) is 11.6. The molecule has 0 aliphatic carbocycles. The molecule has 0 radical (unpaired) electrons. The van der Waals surface area contributed by atoms with Gasteiger partial charge in [-0.25, -0.2) is 0 Å². The third-order valence-corrected chi connectivity index (χ3v) is 7.86. The van der Waals surface area contributed by atoms with Crippen LogP contribution in [0, 0.1) is 20.8 Å². The average Bonchev–Trinajstić information content (AvgIpc) is 2.95. The Morgan fingerprint density at radius 3 is 2.42 bits per heavy atom. The van der Waals surface area contributed by atoms with Crippen molar-refractivity contribution >= 4 is 34.8 Å². The van der Waals surface area contributed by atoms with Gasteiger partial charge < -0.3 is 9.80 Å². The zero-order valence-corrected chi connectivity index (χ0v) is 20.5. The quantitative estimate of drug-likeness (QED) is 0.463. The van der Waals surface area contributed by atoms with Crippen LogP contribution in [0.1, 0.15) is 39.5 Å². The van der Waals surface area contributed by atoms with E-state index in [0.717, 1.165) is 42.5 Å². The number of rotatable bonds is 2. The predicted molar refractivity (Wildman–Crippen MR) is 138 cm³/mol. The van der Waals surface area contributed by atoms with Crippen molar-refractivity contribution in [1.29, 1.82) is 0 Å². The summed E-state index contributed by atoms with van der Waals surface area (Å²) in [7, 11) is 0. The van der Waals surface area contributed by atoms with E-state index in [1.807, 2.05) is 23.1 Å². The van der Waals surface area contributed by atoms with Gasteiger partial charge in [0, 0.05) is 58.5 Å². The normalized spacial score (nSPS) is 15.5. The lowest BCUT2D eigenvalue weighted by Gasteiger charge is -2.37. The van der Waals surface area contributed by atoms with E-state index in [2.05, 4.69) is 69.0 Å². The lowest BCUT2D eigenvalue weighted by Crippen LogP contribution is -2.49. The predicted octanol–water partition coefficient (Wildman–Crippen LogP) is 6.18. The molecule has 0 bridgehead atoms. The van der Waals surface area contributed by atoms with Crippen LogP contribution in [-0.4, -0.2) is 42.7 Å². The minimum absolute atomic E-state index is 0.0915. The van der Waals surface area contributed by atoms with Crippen molar-refractivity contribution in [2.75, 3.05) is 31.1 Å². The maximum Gasteiger partial charge on any atom is 0.254 e. The topological polar surface area (TPSA) is 35.9 Å². The summed E-state index contributed by atoms with van der Waals surface area (Å²) in [5.41, 5.74) is 8.90. The van der Waals surface area contributed by atoms with E-state index in [4.69, 9.17) is 4.99 Å². The number of piperazine rings is 1. The number of anilines is 1. The Labute approximate surface area is 200 Å². The summed E-state index contributed by atoms with van der Waals surface area (Å²) >= 11 is 1.73. The molecule has 0 N–H and O–H groups in total. The molecular weight excluding hydrogens is 426 g/mol. The first-order valence-electron chi connectivity index (χ1n) is 11.5. The first kappa shape index (κ1) is 21.8. The van der Waals surface area contributed by atoms with Crippen LogP contribution in [0.5, 0.6) is 0 Å². The van der Waals surface area contributed by atoms with Gasteiger partial charge >= 0.3 is 0 Å². The number of hydrogen-bond donors (Lipinski definition) is 0. The van der Waals surface area contributed by atoms with Crippen LogP contribution in [0.4, 0.5) is 11.4 Å². The molecule has 3 aromatic carbocycles. The van der Waals surface area contributed by atoms with Crippen molar-refractivity contribution in [3.63, 3.8) is 0 Å². The third kappa shape index (κ3) is 4.18. The van der Waals surface area contributed by atoms with Crippen LogP contribution < -0.4 is 4.90 Å². The molecule has 0 spiro atoms. The number of nitrogens with zero attached hydrogens (tertiary/aromatic N) is 3. The van der Waals surface area contributed by atoms with E-state index < -0.39 is 0 Å². The Balaban J connectivity index is 1.34. The van der Waals surface area contributed by atoms with Crippen molar-refractivity contribution in [1.82, 2.24) is 4.90 Å². The molecule has 5 heteroatoms. The molecule has 1 amide bonds. The second-order valence-electron chi connectivity index (χ2n) is 8.98. The molecule has 0 aromatic heterocycles. The number of carbonyl (C=O) groups is 1. The van der Waals surface area contributed by atoms with Gasteiger partial charge in [-0.2, -0.15) is 0 Å². The SMILES string of the molecule is CC1=Nc2cc(C(=O)N3CCN(c4cccc(C)c4C)CC3)ccc2Sc2ccc(C)cc21. The lowest BCUT2D eigenvalue weighted by molar-refractivity contribution is 0.0746. The van der Waals surface area contributed by atoms with Crippen LogP contribution in [0.2, 0.25) is 0 Å². The first-order chi connectivity index (χ1) is 15.9. The first-order valence-corrected chi connectivity index (χ1v) is 12.3. The average molecular weight is 456 g/mol. The van der Waals surface area contributed by atoms with Crippen LogP contribution in [0.3, 0.4) is 0 Å². The molecule has 1 saturated heterocycles. The maximum atomic E-state index is 13.3.